The van der Waals surface area contributed by atoms with Crippen molar-refractivity contribution in [3.8, 4) is 5.75 Å². The summed E-state index contributed by atoms with van der Waals surface area (Å²) in [5.41, 5.74) is -0.0800. The molecule has 0 bridgehead atoms. The number of amides is 1. The van der Waals surface area contributed by atoms with E-state index in [9.17, 15) is 13.6 Å². The Balaban J connectivity index is 1.75. The number of halogens is 3. The highest BCUT2D eigenvalue weighted by Gasteiger charge is 2.35. The molecule has 0 aliphatic carbocycles. The maximum absolute atomic E-state index is 14.3. The molecule has 1 amide bonds. The lowest BCUT2D eigenvalue weighted by Crippen LogP contribution is -2.56. The van der Waals surface area contributed by atoms with Crippen molar-refractivity contribution in [1.82, 2.24) is 9.80 Å². The third-order valence-corrected chi connectivity index (χ3v) is 4.97. The van der Waals surface area contributed by atoms with Crippen LogP contribution in [0.5, 0.6) is 5.75 Å². The molecule has 1 aromatic carbocycles. The van der Waals surface area contributed by atoms with Crippen molar-refractivity contribution in [2.45, 2.75) is 39.0 Å². The van der Waals surface area contributed by atoms with Crippen LogP contribution >= 0.6 is 15.9 Å². The molecule has 1 aromatic rings. The maximum Gasteiger partial charge on any atom is 0.410 e. The number of ether oxygens (including phenoxy) is 2. The number of hydrogen-bond donors (Lipinski definition) is 0. The smallest absolute Gasteiger partial charge is 0.410 e. The molecule has 0 N–H and O–H groups in total. The van der Waals surface area contributed by atoms with E-state index in [4.69, 9.17) is 9.47 Å². The first kappa shape index (κ1) is 18.4. The van der Waals surface area contributed by atoms with E-state index in [1.165, 1.54) is 6.07 Å². The Hall–Kier alpha value is -1.41. The van der Waals surface area contributed by atoms with Gasteiger partial charge in [-0.05, 0) is 42.8 Å². The normalized spacial score (nSPS) is 21.0. The highest BCUT2D eigenvalue weighted by Crippen LogP contribution is 2.35. The number of rotatable bonds is 0. The second kappa shape index (κ2) is 6.72. The van der Waals surface area contributed by atoms with Gasteiger partial charge in [-0.1, -0.05) is 0 Å². The summed E-state index contributed by atoms with van der Waals surface area (Å²) in [6, 6.07) is 1.19. The lowest BCUT2D eigenvalue weighted by Gasteiger charge is -2.40. The zero-order valence-corrected chi connectivity index (χ0v) is 16.0. The molecule has 1 fully saturated rings. The topological polar surface area (TPSA) is 42.0 Å². The summed E-state index contributed by atoms with van der Waals surface area (Å²) < 4.78 is 38.9. The highest BCUT2D eigenvalue weighted by molar-refractivity contribution is 9.10. The van der Waals surface area contributed by atoms with E-state index in [0.717, 1.165) is 0 Å². The van der Waals surface area contributed by atoms with Gasteiger partial charge in [-0.3, -0.25) is 4.90 Å². The number of hydrogen-bond acceptors (Lipinski definition) is 4. The number of nitrogens with zero attached hydrogens (tertiary/aromatic N) is 2. The minimum atomic E-state index is -0.723. The second-order valence-corrected chi connectivity index (χ2v) is 8.13. The van der Waals surface area contributed by atoms with Gasteiger partial charge in [0.1, 0.15) is 18.0 Å². The standard InChI is InChI=1S/C17H21BrF2N2O3/c1-17(2,3)25-16(23)22-5-4-21-7-10-6-12(19)13(18)14(20)15(10)24-9-11(21)8-22/h6,11H,4-5,7-9H2,1-3H3/t11-/m1/s1. The SMILES string of the molecule is CC(C)(C)OC(=O)N1CCN2Cc3cc(F)c(Br)c(F)c3OC[C@H]2C1. The zero-order chi connectivity index (χ0) is 18.4. The van der Waals surface area contributed by atoms with E-state index in [1.54, 1.807) is 4.90 Å². The third-order valence-electron chi connectivity index (χ3n) is 4.24. The Morgan fingerprint density at radius 2 is 2.08 bits per heavy atom. The molecule has 0 spiro atoms. The Morgan fingerprint density at radius 1 is 1.36 bits per heavy atom. The van der Waals surface area contributed by atoms with Crippen LogP contribution in [0.15, 0.2) is 10.5 Å². The van der Waals surface area contributed by atoms with Crippen molar-refractivity contribution in [2.24, 2.45) is 0 Å². The maximum atomic E-state index is 14.3. The lowest BCUT2D eigenvalue weighted by molar-refractivity contribution is -0.00164. The highest BCUT2D eigenvalue weighted by atomic mass is 79.9. The van der Waals surface area contributed by atoms with Crippen molar-refractivity contribution in [1.29, 1.82) is 0 Å². The van der Waals surface area contributed by atoms with E-state index in [1.807, 2.05) is 20.8 Å². The first-order valence-electron chi connectivity index (χ1n) is 8.17. The number of carbonyl (C=O) groups is 1. The number of fused-ring (bicyclic) bond motifs is 2. The van der Waals surface area contributed by atoms with E-state index in [2.05, 4.69) is 20.8 Å². The molecule has 1 atom stereocenters. The largest absolute Gasteiger partial charge is 0.488 e. The zero-order valence-electron chi connectivity index (χ0n) is 14.4. The summed E-state index contributed by atoms with van der Waals surface area (Å²) in [6.07, 6.45) is -0.367. The lowest BCUT2D eigenvalue weighted by atomic mass is 10.1. The minimum absolute atomic E-state index is 0.0755. The van der Waals surface area contributed by atoms with Gasteiger partial charge < -0.3 is 14.4 Å². The molecule has 0 aromatic heterocycles. The van der Waals surface area contributed by atoms with Gasteiger partial charge in [0.2, 0.25) is 0 Å². The fourth-order valence-corrected chi connectivity index (χ4v) is 3.35. The van der Waals surface area contributed by atoms with Gasteiger partial charge in [0.05, 0.1) is 10.5 Å². The molecule has 138 valence electrons. The summed E-state index contributed by atoms with van der Waals surface area (Å²) in [5, 5.41) is 0. The van der Waals surface area contributed by atoms with E-state index >= 15 is 0 Å². The summed E-state index contributed by atoms with van der Waals surface area (Å²) >= 11 is 2.90. The number of carbonyl (C=O) groups excluding carboxylic acids is 1. The van der Waals surface area contributed by atoms with Crippen molar-refractivity contribution < 1.29 is 23.0 Å². The first-order chi connectivity index (χ1) is 11.7. The van der Waals surface area contributed by atoms with Gasteiger partial charge in [0, 0.05) is 31.7 Å². The van der Waals surface area contributed by atoms with E-state index in [-0.39, 0.29) is 29.0 Å². The number of piperazine rings is 1. The molecule has 2 aliphatic heterocycles. The van der Waals surface area contributed by atoms with Crippen molar-refractivity contribution in [2.75, 3.05) is 26.2 Å². The monoisotopic (exact) mass is 418 g/mol. The van der Waals surface area contributed by atoms with Crippen LogP contribution < -0.4 is 4.74 Å². The molecular weight excluding hydrogens is 398 g/mol. The fourth-order valence-electron chi connectivity index (χ4n) is 3.05. The molecular formula is C17H21BrF2N2O3. The van der Waals surface area contributed by atoms with Gasteiger partial charge in [-0.25, -0.2) is 13.6 Å². The summed E-state index contributed by atoms with van der Waals surface area (Å²) in [6.45, 7) is 7.58. The minimum Gasteiger partial charge on any atom is -0.488 e. The Kier molecular flexibility index (Phi) is 4.94. The molecule has 0 saturated carbocycles. The van der Waals surface area contributed by atoms with Crippen LogP contribution in [-0.4, -0.2) is 53.8 Å². The van der Waals surface area contributed by atoms with Crippen molar-refractivity contribution >= 4 is 22.0 Å². The van der Waals surface area contributed by atoms with Gasteiger partial charge in [-0.15, -0.1) is 0 Å². The number of benzene rings is 1. The molecule has 1 saturated heterocycles. The van der Waals surface area contributed by atoms with Gasteiger partial charge >= 0.3 is 6.09 Å². The van der Waals surface area contributed by atoms with Gasteiger partial charge in [0.15, 0.2) is 11.6 Å². The average molecular weight is 419 g/mol. The van der Waals surface area contributed by atoms with Gasteiger partial charge in [-0.2, -0.15) is 0 Å². The quantitative estimate of drug-likeness (QED) is 0.604. The molecule has 0 radical (unpaired) electrons. The van der Waals surface area contributed by atoms with Crippen LogP contribution in [0.3, 0.4) is 0 Å². The fraction of sp³-hybridized carbons (Fsp3) is 0.588. The molecule has 3 rings (SSSR count). The van der Waals surface area contributed by atoms with Crippen LogP contribution in [0.25, 0.3) is 0 Å². The molecule has 8 heteroatoms. The predicted octanol–water partition coefficient (Wildman–Crippen LogP) is 3.54. The Labute approximate surface area is 154 Å². The van der Waals surface area contributed by atoms with Crippen LogP contribution in [0, 0.1) is 11.6 Å². The third kappa shape index (κ3) is 3.89. The van der Waals surface area contributed by atoms with Crippen molar-refractivity contribution in [3.63, 3.8) is 0 Å². The summed E-state index contributed by atoms with van der Waals surface area (Å²) in [5.74, 6) is -1.30. The summed E-state index contributed by atoms with van der Waals surface area (Å²) in [7, 11) is 0. The van der Waals surface area contributed by atoms with Crippen LogP contribution in [0.1, 0.15) is 26.3 Å². The second-order valence-electron chi connectivity index (χ2n) is 7.34. The predicted molar refractivity (Wildman–Crippen MR) is 91.6 cm³/mol. The molecule has 5 nitrogen and oxygen atoms in total. The first-order valence-corrected chi connectivity index (χ1v) is 8.96. The molecule has 2 aliphatic rings. The molecule has 2 heterocycles. The molecule has 0 unspecified atom stereocenters. The van der Waals surface area contributed by atoms with E-state index < -0.39 is 17.2 Å². The van der Waals surface area contributed by atoms with Gasteiger partial charge in [0.25, 0.3) is 0 Å². The van der Waals surface area contributed by atoms with E-state index in [0.29, 0.717) is 31.7 Å². The van der Waals surface area contributed by atoms with Crippen LogP contribution in [0.4, 0.5) is 13.6 Å². The van der Waals surface area contributed by atoms with Crippen molar-refractivity contribution in [3.05, 3.63) is 27.7 Å². The summed E-state index contributed by atoms with van der Waals surface area (Å²) in [4.78, 5) is 16.0. The van der Waals surface area contributed by atoms with Crippen LogP contribution in [0.2, 0.25) is 0 Å². The Bertz CT molecular complexity index is 693. The molecule has 25 heavy (non-hydrogen) atoms. The van der Waals surface area contributed by atoms with Crippen LogP contribution in [-0.2, 0) is 11.3 Å². The average Bonchev–Trinajstić information content (AvgIpc) is 2.69. The Morgan fingerprint density at radius 3 is 2.76 bits per heavy atom.